The predicted octanol–water partition coefficient (Wildman–Crippen LogP) is 2.63. The Morgan fingerprint density at radius 1 is 1.21 bits per heavy atom. The average Bonchev–Trinajstić information content (AvgIpc) is 3.12. The van der Waals surface area contributed by atoms with Crippen molar-refractivity contribution in [2.75, 3.05) is 38.2 Å². The Balaban J connectivity index is 1.63. The van der Waals surface area contributed by atoms with E-state index in [1.165, 1.54) is 12.1 Å². The number of thiophene rings is 1. The molecule has 1 aliphatic heterocycles. The van der Waals surface area contributed by atoms with Crippen LogP contribution in [-0.2, 0) is 0 Å². The second kappa shape index (κ2) is 6.88. The van der Waals surface area contributed by atoms with Crippen LogP contribution in [0.5, 0.6) is 5.75 Å². The molecular weight excluding hydrogens is 330 g/mol. The number of anilines is 1. The van der Waals surface area contributed by atoms with Gasteiger partial charge in [-0.25, -0.2) is 0 Å². The fraction of sp³-hybridized carbons (Fsp3) is 0.312. The molecule has 24 heavy (non-hydrogen) atoms. The summed E-state index contributed by atoms with van der Waals surface area (Å²) in [6.45, 7) is 2.60. The van der Waals surface area contributed by atoms with E-state index in [-0.39, 0.29) is 10.9 Å². The zero-order valence-corrected chi connectivity index (χ0v) is 14.0. The first-order valence-electron chi connectivity index (χ1n) is 7.51. The first-order valence-corrected chi connectivity index (χ1v) is 8.32. The van der Waals surface area contributed by atoms with Gasteiger partial charge in [0.15, 0.2) is 0 Å². The smallest absolute Gasteiger partial charge is 0.324 e. The number of ether oxygens (including phenoxy) is 1. The summed E-state index contributed by atoms with van der Waals surface area (Å²) in [4.78, 5) is 27.1. The summed E-state index contributed by atoms with van der Waals surface area (Å²) in [6, 6.07) is 10.7. The summed E-state index contributed by atoms with van der Waals surface area (Å²) >= 11 is 0.924. The van der Waals surface area contributed by atoms with Crippen LogP contribution in [0, 0.1) is 10.1 Å². The summed E-state index contributed by atoms with van der Waals surface area (Å²) in [7, 11) is 1.63. The molecule has 1 aliphatic rings. The molecule has 1 fully saturated rings. The zero-order chi connectivity index (χ0) is 17.1. The van der Waals surface area contributed by atoms with Gasteiger partial charge in [-0.15, -0.1) is 0 Å². The number of amides is 1. The molecule has 0 spiro atoms. The van der Waals surface area contributed by atoms with Gasteiger partial charge in [0.05, 0.1) is 16.9 Å². The molecule has 0 unspecified atom stereocenters. The maximum atomic E-state index is 12.5. The Morgan fingerprint density at radius 3 is 2.58 bits per heavy atom. The van der Waals surface area contributed by atoms with Crippen LogP contribution < -0.4 is 9.64 Å². The van der Waals surface area contributed by atoms with Gasteiger partial charge in [0, 0.05) is 44.0 Å². The van der Waals surface area contributed by atoms with Crippen molar-refractivity contribution in [1.29, 1.82) is 0 Å². The number of nitro groups is 1. The Morgan fingerprint density at radius 2 is 1.96 bits per heavy atom. The van der Waals surface area contributed by atoms with E-state index in [1.807, 2.05) is 24.3 Å². The van der Waals surface area contributed by atoms with Crippen LogP contribution in [0.3, 0.4) is 0 Å². The summed E-state index contributed by atoms with van der Waals surface area (Å²) in [5.74, 6) is 0.662. The third kappa shape index (κ3) is 3.33. The highest BCUT2D eigenvalue weighted by Gasteiger charge is 2.25. The number of hydrogen-bond donors (Lipinski definition) is 0. The van der Waals surface area contributed by atoms with E-state index < -0.39 is 4.92 Å². The highest BCUT2D eigenvalue weighted by atomic mass is 32.1. The van der Waals surface area contributed by atoms with E-state index in [0.717, 1.165) is 22.8 Å². The molecular formula is C16H17N3O4S. The SMILES string of the molecule is COc1cccc(N2CCN(C(=O)c3ccc([N+](=O)[O-])s3)CC2)c1. The van der Waals surface area contributed by atoms with E-state index >= 15 is 0 Å². The molecule has 2 heterocycles. The minimum atomic E-state index is -0.470. The van der Waals surface area contributed by atoms with Crippen molar-refractivity contribution >= 4 is 27.9 Å². The predicted molar refractivity (Wildman–Crippen MR) is 92.1 cm³/mol. The van der Waals surface area contributed by atoms with Crippen LogP contribution in [0.25, 0.3) is 0 Å². The molecule has 8 heteroatoms. The number of carbonyl (C=O) groups excluding carboxylic acids is 1. The molecule has 1 aromatic carbocycles. The molecule has 0 N–H and O–H groups in total. The molecule has 0 radical (unpaired) electrons. The van der Waals surface area contributed by atoms with Crippen LogP contribution >= 0.6 is 11.3 Å². The standard InChI is InChI=1S/C16H17N3O4S/c1-23-13-4-2-3-12(11-13)17-7-9-18(10-8-17)16(20)14-5-6-15(24-14)19(21)22/h2-6,11H,7-10H2,1H3. The highest BCUT2D eigenvalue weighted by Crippen LogP contribution is 2.26. The molecule has 1 aromatic heterocycles. The monoisotopic (exact) mass is 347 g/mol. The molecule has 0 saturated carbocycles. The van der Waals surface area contributed by atoms with Crippen molar-refractivity contribution in [2.24, 2.45) is 0 Å². The van der Waals surface area contributed by atoms with Crippen molar-refractivity contribution in [2.45, 2.75) is 0 Å². The van der Waals surface area contributed by atoms with Gasteiger partial charge in [-0.05, 0) is 18.2 Å². The van der Waals surface area contributed by atoms with Crippen molar-refractivity contribution in [3.8, 4) is 5.75 Å². The van der Waals surface area contributed by atoms with Crippen LogP contribution in [0.2, 0.25) is 0 Å². The molecule has 2 aromatic rings. The van der Waals surface area contributed by atoms with Gasteiger partial charge in [0.2, 0.25) is 0 Å². The maximum Gasteiger partial charge on any atom is 0.324 e. The van der Waals surface area contributed by atoms with Crippen LogP contribution in [0.4, 0.5) is 10.7 Å². The fourth-order valence-electron chi connectivity index (χ4n) is 2.67. The number of carbonyl (C=O) groups is 1. The van der Waals surface area contributed by atoms with Crippen LogP contribution in [-0.4, -0.2) is 49.0 Å². The summed E-state index contributed by atoms with van der Waals surface area (Å²) in [5.41, 5.74) is 1.06. The number of piperazine rings is 1. The maximum absolute atomic E-state index is 12.5. The van der Waals surface area contributed by atoms with Gasteiger partial charge in [0.1, 0.15) is 5.75 Å². The van der Waals surface area contributed by atoms with Gasteiger partial charge < -0.3 is 14.5 Å². The molecule has 126 valence electrons. The Labute approximate surface area is 143 Å². The number of hydrogen-bond acceptors (Lipinski definition) is 6. The van der Waals surface area contributed by atoms with Crippen LogP contribution in [0.1, 0.15) is 9.67 Å². The van der Waals surface area contributed by atoms with Crippen molar-refractivity contribution in [3.63, 3.8) is 0 Å². The lowest BCUT2D eigenvalue weighted by Crippen LogP contribution is -2.48. The Hall–Kier alpha value is -2.61. The first-order chi connectivity index (χ1) is 11.6. The third-order valence-corrected chi connectivity index (χ3v) is 4.99. The minimum Gasteiger partial charge on any atom is -0.497 e. The molecule has 0 bridgehead atoms. The largest absolute Gasteiger partial charge is 0.497 e. The normalized spacial score (nSPS) is 14.5. The van der Waals surface area contributed by atoms with Crippen molar-refractivity contribution in [3.05, 3.63) is 51.4 Å². The lowest BCUT2D eigenvalue weighted by atomic mass is 10.2. The summed E-state index contributed by atoms with van der Waals surface area (Å²) < 4.78 is 5.24. The molecule has 1 saturated heterocycles. The second-order valence-corrected chi connectivity index (χ2v) is 6.44. The highest BCUT2D eigenvalue weighted by molar-refractivity contribution is 7.17. The van der Waals surface area contributed by atoms with Gasteiger partial charge in [-0.1, -0.05) is 17.4 Å². The molecule has 7 nitrogen and oxygen atoms in total. The number of methoxy groups -OCH3 is 1. The number of nitrogens with zero attached hydrogens (tertiary/aromatic N) is 3. The average molecular weight is 347 g/mol. The Kier molecular flexibility index (Phi) is 4.66. The molecule has 0 aliphatic carbocycles. The summed E-state index contributed by atoms with van der Waals surface area (Å²) in [5, 5.41) is 10.7. The lowest BCUT2D eigenvalue weighted by Gasteiger charge is -2.36. The second-order valence-electron chi connectivity index (χ2n) is 5.38. The van der Waals surface area contributed by atoms with E-state index in [4.69, 9.17) is 4.74 Å². The first kappa shape index (κ1) is 16.3. The minimum absolute atomic E-state index is 0.00614. The third-order valence-electron chi connectivity index (χ3n) is 3.97. The van der Waals surface area contributed by atoms with Gasteiger partial charge in [-0.3, -0.25) is 14.9 Å². The number of rotatable bonds is 4. The van der Waals surface area contributed by atoms with Gasteiger partial charge in [-0.2, -0.15) is 0 Å². The van der Waals surface area contributed by atoms with Crippen molar-refractivity contribution < 1.29 is 14.5 Å². The fourth-order valence-corrected chi connectivity index (χ4v) is 3.46. The number of benzene rings is 1. The molecule has 0 atom stereocenters. The molecule has 3 rings (SSSR count). The lowest BCUT2D eigenvalue weighted by molar-refractivity contribution is -0.380. The molecule has 1 amide bonds. The van der Waals surface area contributed by atoms with Gasteiger partial charge >= 0.3 is 5.00 Å². The van der Waals surface area contributed by atoms with E-state index in [0.29, 0.717) is 31.1 Å². The topological polar surface area (TPSA) is 75.9 Å². The van der Waals surface area contributed by atoms with Crippen LogP contribution in [0.15, 0.2) is 36.4 Å². The van der Waals surface area contributed by atoms with Crippen molar-refractivity contribution in [1.82, 2.24) is 4.90 Å². The van der Waals surface area contributed by atoms with E-state index in [2.05, 4.69) is 4.90 Å². The van der Waals surface area contributed by atoms with E-state index in [9.17, 15) is 14.9 Å². The summed E-state index contributed by atoms with van der Waals surface area (Å²) in [6.07, 6.45) is 0. The zero-order valence-electron chi connectivity index (χ0n) is 13.2. The van der Waals surface area contributed by atoms with E-state index in [1.54, 1.807) is 12.0 Å². The van der Waals surface area contributed by atoms with Gasteiger partial charge in [0.25, 0.3) is 5.91 Å². The Bertz CT molecular complexity index is 753. The quantitative estimate of drug-likeness (QED) is 0.628.